The molecule has 1 amide bonds. The lowest BCUT2D eigenvalue weighted by Gasteiger charge is -2.08. The molecule has 17 heavy (non-hydrogen) atoms. The van der Waals surface area contributed by atoms with Crippen molar-refractivity contribution in [2.75, 3.05) is 12.4 Å². The minimum Gasteiger partial charge on any atom is -0.495 e. The van der Waals surface area contributed by atoms with Gasteiger partial charge < -0.3 is 10.1 Å². The topological polar surface area (TPSA) is 60.3 Å². The molecule has 88 valence electrons. The van der Waals surface area contributed by atoms with Crippen LogP contribution < -0.4 is 15.6 Å². The first kappa shape index (κ1) is 11.4. The molecule has 1 heterocycles. The minimum absolute atomic E-state index is 0.345. The van der Waals surface area contributed by atoms with Crippen molar-refractivity contribution in [2.24, 2.45) is 0 Å². The van der Waals surface area contributed by atoms with Gasteiger partial charge in [-0.2, -0.15) is 3.96 Å². The van der Waals surface area contributed by atoms with Crippen LogP contribution in [0.15, 0.2) is 40.5 Å². The Kier molecular flexibility index (Phi) is 3.24. The minimum atomic E-state index is -0.491. The standard InChI is InChI=1S/C11H10N2O3S/c1-16-9-5-3-2-4-8(9)12-11(15)13-10(14)6-7-17-13/h2-7H,1H3,(H,12,15). The van der Waals surface area contributed by atoms with Gasteiger partial charge in [0.1, 0.15) is 5.75 Å². The zero-order valence-electron chi connectivity index (χ0n) is 9.04. The molecule has 2 aromatic rings. The fourth-order valence-corrected chi connectivity index (χ4v) is 1.94. The van der Waals surface area contributed by atoms with Crippen LogP contribution >= 0.6 is 11.5 Å². The highest BCUT2D eigenvalue weighted by Gasteiger charge is 2.10. The van der Waals surface area contributed by atoms with Crippen LogP contribution in [0.1, 0.15) is 0 Å². The van der Waals surface area contributed by atoms with E-state index in [1.807, 2.05) is 0 Å². The number of nitrogens with one attached hydrogen (secondary N) is 1. The lowest BCUT2D eigenvalue weighted by Crippen LogP contribution is -2.26. The normalized spacial score (nSPS) is 9.94. The predicted octanol–water partition coefficient (Wildman–Crippen LogP) is 2.00. The molecule has 0 bridgehead atoms. The molecule has 0 atom stereocenters. The fraction of sp³-hybridized carbons (Fsp3) is 0.0909. The lowest BCUT2D eigenvalue weighted by molar-refractivity contribution is 0.254. The van der Waals surface area contributed by atoms with Gasteiger partial charge in [0.2, 0.25) is 0 Å². The van der Waals surface area contributed by atoms with Crippen molar-refractivity contribution in [3.8, 4) is 5.75 Å². The number of para-hydroxylation sites is 2. The smallest absolute Gasteiger partial charge is 0.342 e. The average molecular weight is 250 g/mol. The van der Waals surface area contributed by atoms with Gasteiger partial charge in [-0.15, -0.1) is 0 Å². The van der Waals surface area contributed by atoms with Crippen LogP contribution in [0.4, 0.5) is 10.5 Å². The summed E-state index contributed by atoms with van der Waals surface area (Å²) in [6, 6.07) is 7.85. The second-order valence-electron chi connectivity index (χ2n) is 3.17. The molecule has 1 N–H and O–H groups in total. The van der Waals surface area contributed by atoms with Crippen molar-refractivity contribution in [2.45, 2.75) is 0 Å². The van der Waals surface area contributed by atoms with E-state index in [1.165, 1.54) is 13.2 Å². The van der Waals surface area contributed by atoms with Crippen LogP contribution in [0.25, 0.3) is 0 Å². The quantitative estimate of drug-likeness (QED) is 0.886. The summed E-state index contributed by atoms with van der Waals surface area (Å²) in [6.45, 7) is 0. The molecule has 0 fully saturated rings. The van der Waals surface area contributed by atoms with Gasteiger partial charge in [-0.1, -0.05) is 23.7 Å². The number of methoxy groups -OCH3 is 1. The Labute approximate surface area is 101 Å². The molecule has 2 rings (SSSR count). The second kappa shape index (κ2) is 4.84. The third-order valence-corrected chi connectivity index (χ3v) is 2.92. The maximum absolute atomic E-state index is 11.8. The molecule has 0 aliphatic rings. The highest BCUT2D eigenvalue weighted by atomic mass is 32.1. The summed E-state index contributed by atoms with van der Waals surface area (Å²) < 4.78 is 6.13. The summed E-state index contributed by atoms with van der Waals surface area (Å²) in [5.74, 6) is 0.547. The van der Waals surface area contributed by atoms with Crippen LogP contribution in [0, 0.1) is 0 Å². The maximum Gasteiger partial charge on any atom is 0.342 e. The van der Waals surface area contributed by atoms with Crippen molar-refractivity contribution < 1.29 is 9.53 Å². The molecular weight excluding hydrogens is 240 g/mol. The monoisotopic (exact) mass is 250 g/mol. The van der Waals surface area contributed by atoms with Gasteiger partial charge in [-0.3, -0.25) is 4.79 Å². The molecular formula is C11H10N2O3S. The Hall–Kier alpha value is -2.08. The number of nitrogens with zero attached hydrogens (tertiary/aromatic N) is 1. The van der Waals surface area contributed by atoms with Gasteiger partial charge in [-0.25, -0.2) is 4.79 Å². The lowest BCUT2D eigenvalue weighted by atomic mass is 10.3. The molecule has 0 radical (unpaired) electrons. The largest absolute Gasteiger partial charge is 0.495 e. The molecule has 0 saturated heterocycles. The van der Waals surface area contributed by atoms with E-state index >= 15 is 0 Å². The average Bonchev–Trinajstić information content (AvgIpc) is 2.76. The third kappa shape index (κ3) is 2.36. The van der Waals surface area contributed by atoms with Crippen LogP contribution in [-0.2, 0) is 0 Å². The molecule has 0 aliphatic heterocycles. The number of hydrogen-bond donors (Lipinski definition) is 1. The molecule has 0 saturated carbocycles. The van der Waals surface area contributed by atoms with E-state index in [4.69, 9.17) is 4.74 Å². The summed E-state index contributed by atoms with van der Waals surface area (Å²) in [6.07, 6.45) is 0. The number of amides is 1. The molecule has 1 aromatic heterocycles. The zero-order valence-corrected chi connectivity index (χ0v) is 9.86. The van der Waals surface area contributed by atoms with Crippen molar-refractivity contribution in [1.82, 2.24) is 3.96 Å². The third-order valence-electron chi connectivity index (χ3n) is 2.11. The van der Waals surface area contributed by atoms with Gasteiger partial charge in [0.15, 0.2) is 0 Å². The van der Waals surface area contributed by atoms with E-state index in [0.717, 1.165) is 15.5 Å². The van der Waals surface area contributed by atoms with Crippen molar-refractivity contribution in [1.29, 1.82) is 0 Å². The van der Waals surface area contributed by atoms with E-state index in [0.29, 0.717) is 11.4 Å². The van der Waals surface area contributed by atoms with E-state index in [2.05, 4.69) is 5.32 Å². The number of carbonyl (C=O) groups excluding carboxylic acids is 1. The number of ether oxygens (including phenoxy) is 1. The van der Waals surface area contributed by atoms with E-state index in [9.17, 15) is 9.59 Å². The molecule has 5 nitrogen and oxygen atoms in total. The molecule has 1 aromatic carbocycles. The second-order valence-corrected chi connectivity index (χ2v) is 4.02. The Morgan fingerprint density at radius 3 is 2.76 bits per heavy atom. The van der Waals surface area contributed by atoms with E-state index in [1.54, 1.807) is 29.6 Å². The van der Waals surface area contributed by atoms with Gasteiger partial charge in [0.05, 0.1) is 12.8 Å². The van der Waals surface area contributed by atoms with Crippen LogP contribution in [0.2, 0.25) is 0 Å². The summed E-state index contributed by atoms with van der Waals surface area (Å²) in [7, 11) is 1.52. The predicted molar refractivity (Wildman–Crippen MR) is 66.0 cm³/mol. The van der Waals surface area contributed by atoms with E-state index in [-0.39, 0.29) is 5.56 Å². The van der Waals surface area contributed by atoms with Crippen molar-refractivity contribution in [3.63, 3.8) is 0 Å². The van der Waals surface area contributed by atoms with Crippen molar-refractivity contribution in [3.05, 3.63) is 46.1 Å². The number of hydrogen-bond acceptors (Lipinski definition) is 4. The number of carbonyl (C=O) groups is 1. The summed E-state index contributed by atoms with van der Waals surface area (Å²) >= 11 is 1.04. The van der Waals surface area contributed by atoms with Gasteiger partial charge in [0, 0.05) is 11.4 Å². The van der Waals surface area contributed by atoms with E-state index < -0.39 is 6.03 Å². The highest BCUT2D eigenvalue weighted by molar-refractivity contribution is 7.05. The molecule has 6 heteroatoms. The number of anilines is 1. The Morgan fingerprint density at radius 1 is 1.35 bits per heavy atom. The number of benzene rings is 1. The first-order valence-corrected chi connectivity index (χ1v) is 5.67. The Morgan fingerprint density at radius 2 is 2.12 bits per heavy atom. The van der Waals surface area contributed by atoms with Crippen molar-refractivity contribution >= 4 is 23.3 Å². The summed E-state index contributed by atoms with van der Waals surface area (Å²) in [5.41, 5.74) is 0.183. The number of aromatic nitrogens is 1. The fourth-order valence-electron chi connectivity index (χ4n) is 1.33. The maximum atomic E-state index is 11.8. The molecule has 0 aliphatic carbocycles. The Bertz CT molecular complexity index is 588. The van der Waals surface area contributed by atoms with Gasteiger partial charge in [-0.05, 0) is 12.1 Å². The van der Waals surface area contributed by atoms with Crippen LogP contribution in [-0.4, -0.2) is 17.1 Å². The summed E-state index contributed by atoms with van der Waals surface area (Å²) in [5, 5.41) is 4.17. The SMILES string of the molecule is COc1ccccc1NC(=O)n1sccc1=O. The van der Waals surface area contributed by atoms with Crippen LogP contribution in [0.5, 0.6) is 5.75 Å². The van der Waals surface area contributed by atoms with Gasteiger partial charge in [0.25, 0.3) is 5.56 Å². The molecule has 0 unspecified atom stereocenters. The number of rotatable bonds is 2. The summed E-state index contributed by atoms with van der Waals surface area (Å²) in [4.78, 5) is 23.1. The zero-order chi connectivity index (χ0) is 12.3. The first-order valence-electron chi connectivity index (χ1n) is 4.84. The van der Waals surface area contributed by atoms with Crippen LogP contribution in [0.3, 0.4) is 0 Å². The first-order chi connectivity index (χ1) is 8.22. The molecule has 0 spiro atoms. The highest BCUT2D eigenvalue weighted by Crippen LogP contribution is 2.23. The van der Waals surface area contributed by atoms with Gasteiger partial charge >= 0.3 is 6.03 Å². The Balaban J connectivity index is 2.25.